The van der Waals surface area contributed by atoms with Crippen LogP contribution in [0.4, 0.5) is 0 Å². The summed E-state index contributed by atoms with van der Waals surface area (Å²) in [4.78, 5) is 4.37. The summed E-state index contributed by atoms with van der Waals surface area (Å²) in [6, 6.07) is 23.5. The Hall–Kier alpha value is -2.61. The Kier molecular flexibility index (Phi) is 3.24. The Morgan fingerprint density at radius 3 is 2.21 bits per heavy atom. The van der Waals surface area contributed by atoms with Crippen molar-refractivity contribution in [3.63, 3.8) is 0 Å². The number of hydrogen-bond donors (Lipinski definition) is 0. The lowest BCUT2D eigenvalue weighted by Gasteiger charge is -2.10. The van der Waals surface area contributed by atoms with Gasteiger partial charge in [0.05, 0.1) is 5.69 Å². The monoisotopic (exact) mass is 247 g/mol. The Bertz CT molecular complexity index is 650. The van der Waals surface area contributed by atoms with Gasteiger partial charge in [-0.1, -0.05) is 36.4 Å². The summed E-state index contributed by atoms with van der Waals surface area (Å²) in [6.45, 7) is 0. The Balaban J connectivity index is 1.99. The van der Waals surface area contributed by atoms with Crippen molar-refractivity contribution in [1.29, 1.82) is 0 Å². The van der Waals surface area contributed by atoms with E-state index in [9.17, 15) is 0 Å². The highest BCUT2D eigenvalue weighted by Crippen LogP contribution is 2.31. The Morgan fingerprint density at radius 2 is 1.42 bits per heavy atom. The predicted molar refractivity (Wildman–Crippen MR) is 76.2 cm³/mol. The lowest BCUT2D eigenvalue weighted by Crippen LogP contribution is -1.89. The zero-order valence-electron chi connectivity index (χ0n) is 10.4. The molecular weight excluding hydrogens is 234 g/mol. The van der Waals surface area contributed by atoms with Crippen molar-refractivity contribution in [2.75, 3.05) is 0 Å². The quantitative estimate of drug-likeness (QED) is 0.677. The van der Waals surface area contributed by atoms with Gasteiger partial charge in [-0.2, -0.15) is 0 Å². The number of rotatable bonds is 3. The van der Waals surface area contributed by atoms with Gasteiger partial charge < -0.3 is 4.74 Å². The SMILES string of the molecule is c1ccc(Oc2ccccc2-c2ccccn2)cc1. The second kappa shape index (κ2) is 5.36. The minimum Gasteiger partial charge on any atom is -0.457 e. The fourth-order valence-corrected chi connectivity index (χ4v) is 1.90. The molecule has 0 aliphatic heterocycles. The molecule has 1 aromatic heterocycles. The molecule has 0 fully saturated rings. The maximum absolute atomic E-state index is 5.92. The smallest absolute Gasteiger partial charge is 0.136 e. The minimum atomic E-state index is 0.812. The normalized spacial score (nSPS) is 10.1. The van der Waals surface area contributed by atoms with Crippen LogP contribution in [-0.4, -0.2) is 4.98 Å². The van der Waals surface area contributed by atoms with Gasteiger partial charge >= 0.3 is 0 Å². The number of ether oxygens (including phenoxy) is 1. The van der Waals surface area contributed by atoms with E-state index in [4.69, 9.17) is 4.74 Å². The first kappa shape index (κ1) is 11.5. The van der Waals surface area contributed by atoms with Crippen LogP contribution in [0.1, 0.15) is 0 Å². The van der Waals surface area contributed by atoms with Crippen LogP contribution in [0.25, 0.3) is 11.3 Å². The summed E-state index contributed by atoms with van der Waals surface area (Å²) < 4.78 is 5.92. The number of pyridine rings is 1. The molecule has 0 amide bonds. The molecule has 0 aliphatic carbocycles. The molecule has 0 N–H and O–H groups in total. The van der Waals surface area contributed by atoms with Crippen molar-refractivity contribution in [3.8, 4) is 22.8 Å². The van der Waals surface area contributed by atoms with E-state index < -0.39 is 0 Å². The maximum Gasteiger partial charge on any atom is 0.136 e. The van der Waals surface area contributed by atoms with E-state index in [1.54, 1.807) is 6.20 Å². The van der Waals surface area contributed by atoms with Gasteiger partial charge in [0.1, 0.15) is 11.5 Å². The highest BCUT2D eigenvalue weighted by molar-refractivity contribution is 5.67. The molecule has 92 valence electrons. The molecule has 0 unspecified atom stereocenters. The molecule has 0 aliphatic rings. The van der Waals surface area contributed by atoms with E-state index in [2.05, 4.69) is 4.98 Å². The fourth-order valence-electron chi connectivity index (χ4n) is 1.90. The van der Waals surface area contributed by atoms with Crippen molar-refractivity contribution in [3.05, 3.63) is 79.0 Å². The zero-order chi connectivity index (χ0) is 12.9. The molecule has 0 saturated carbocycles. The average Bonchev–Trinajstić information content (AvgIpc) is 2.50. The number of para-hydroxylation sites is 2. The van der Waals surface area contributed by atoms with Crippen molar-refractivity contribution in [1.82, 2.24) is 4.98 Å². The standard InChI is InChI=1S/C17H13NO/c1-2-8-14(9-3-1)19-17-12-5-4-10-15(17)16-11-6-7-13-18-16/h1-13H. The van der Waals surface area contributed by atoms with Gasteiger partial charge in [-0.3, -0.25) is 4.98 Å². The summed E-state index contributed by atoms with van der Waals surface area (Å²) in [5, 5.41) is 0. The molecule has 2 heteroatoms. The van der Waals surface area contributed by atoms with Gasteiger partial charge in [0.2, 0.25) is 0 Å². The van der Waals surface area contributed by atoms with Crippen molar-refractivity contribution >= 4 is 0 Å². The second-order valence-corrected chi connectivity index (χ2v) is 4.13. The second-order valence-electron chi connectivity index (χ2n) is 4.13. The van der Waals surface area contributed by atoms with Gasteiger partial charge in [-0.05, 0) is 36.4 Å². The summed E-state index contributed by atoms with van der Waals surface area (Å²) in [7, 11) is 0. The van der Waals surface area contributed by atoms with Crippen LogP contribution < -0.4 is 4.74 Å². The first-order valence-corrected chi connectivity index (χ1v) is 6.17. The van der Waals surface area contributed by atoms with Gasteiger partial charge in [-0.15, -0.1) is 0 Å². The average molecular weight is 247 g/mol. The Labute approximate surface area is 112 Å². The van der Waals surface area contributed by atoms with E-state index in [-0.39, 0.29) is 0 Å². The van der Waals surface area contributed by atoms with E-state index in [0.717, 1.165) is 22.8 Å². The van der Waals surface area contributed by atoms with Gasteiger partial charge in [-0.25, -0.2) is 0 Å². The van der Waals surface area contributed by atoms with Gasteiger partial charge in [0, 0.05) is 11.8 Å². The molecule has 0 saturated heterocycles. The van der Waals surface area contributed by atoms with Crippen molar-refractivity contribution < 1.29 is 4.74 Å². The van der Waals surface area contributed by atoms with Gasteiger partial charge in [0.25, 0.3) is 0 Å². The third-order valence-electron chi connectivity index (χ3n) is 2.80. The number of benzene rings is 2. The summed E-state index contributed by atoms with van der Waals surface area (Å²) in [5.74, 6) is 1.64. The molecule has 2 nitrogen and oxygen atoms in total. The van der Waals surface area contributed by atoms with E-state index in [0.29, 0.717) is 0 Å². The third-order valence-corrected chi connectivity index (χ3v) is 2.80. The Morgan fingerprint density at radius 1 is 0.684 bits per heavy atom. The number of aromatic nitrogens is 1. The van der Waals surface area contributed by atoms with Crippen LogP contribution in [0.3, 0.4) is 0 Å². The largest absolute Gasteiger partial charge is 0.457 e. The molecule has 0 atom stereocenters. The summed E-state index contributed by atoms with van der Waals surface area (Å²) in [5.41, 5.74) is 1.90. The highest BCUT2D eigenvalue weighted by Gasteiger charge is 2.07. The van der Waals surface area contributed by atoms with Crippen LogP contribution in [0.5, 0.6) is 11.5 Å². The first-order chi connectivity index (χ1) is 9.43. The van der Waals surface area contributed by atoms with E-state index >= 15 is 0 Å². The third kappa shape index (κ3) is 2.63. The van der Waals surface area contributed by atoms with Crippen LogP contribution in [0.15, 0.2) is 79.0 Å². The lowest BCUT2D eigenvalue weighted by atomic mass is 10.1. The first-order valence-electron chi connectivity index (χ1n) is 6.17. The summed E-state index contributed by atoms with van der Waals surface area (Å²) >= 11 is 0. The van der Waals surface area contributed by atoms with Crippen LogP contribution in [-0.2, 0) is 0 Å². The minimum absolute atomic E-state index is 0.812. The number of nitrogens with zero attached hydrogens (tertiary/aromatic N) is 1. The molecule has 0 spiro atoms. The molecule has 1 heterocycles. The number of hydrogen-bond acceptors (Lipinski definition) is 2. The maximum atomic E-state index is 5.92. The molecule has 2 aromatic carbocycles. The van der Waals surface area contributed by atoms with Crippen LogP contribution >= 0.6 is 0 Å². The summed E-state index contributed by atoms with van der Waals surface area (Å²) in [6.07, 6.45) is 1.79. The molecule has 0 bridgehead atoms. The zero-order valence-corrected chi connectivity index (χ0v) is 10.4. The fraction of sp³-hybridized carbons (Fsp3) is 0. The molecule has 3 rings (SSSR count). The molecule has 3 aromatic rings. The molecular formula is C17H13NO. The van der Waals surface area contributed by atoms with E-state index in [1.807, 2.05) is 72.8 Å². The topological polar surface area (TPSA) is 22.1 Å². The molecule has 19 heavy (non-hydrogen) atoms. The van der Waals surface area contributed by atoms with Crippen molar-refractivity contribution in [2.45, 2.75) is 0 Å². The highest BCUT2D eigenvalue weighted by atomic mass is 16.5. The predicted octanol–water partition coefficient (Wildman–Crippen LogP) is 4.54. The van der Waals surface area contributed by atoms with Gasteiger partial charge in [0.15, 0.2) is 0 Å². The van der Waals surface area contributed by atoms with Crippen LogP contribution in [0, 0.1) is 0 Å². The van der Waals surface area contributed by atoms with Crippen molar-refractivity contribution in [2.24, 2.45) is 0 Å². The van der Waals surface area contributed by atoms with E-state index in [1.165, 1.54) is 0 Å². The van der Waals surface area contributed by atoms with Crippen LogP contribution in [0.2, 0.25) is 0 Å². The molecule has 0 radical (unpaired) electrons. The lowest BCUT2D eigenvalue weighted by molar-refractivity contribution is 0.484.